The maximum atomic E-state index is 12.6. The van der Waals surface area contributed by atoms with Crippen LogP contribution in [-0.4, -0.2) is 37.5 Å². The van der Waals surface area contributed by atoms with E-state index in [0.29, 0.717) is 21.9 Å². The second-order valence-corrected chi connectivity index (χ2v) is 6.30. The van der Waals surface area contributed by atoms with Crippen LogP contribution in [0.15, 0.2) is 41.1 Å². The number of halogens is 1. The molecule has 0 amide bonds. The molecule has 0 unspecified atom stereocenters. The van der Waals surface area contributed by atoms with E-state index >= 15 is 0 Å². The Morgan fingerprint density at radius 2 is 1.69 bits per heavy atom. The molecule has 138 valence electrons. The molecule has 1 aliphatic rings. The van der Waals surface area contributed by atoms with Gasteiger partial charge in [0.2, 0.25) is 5.54 Å². The fourth-order valence-electron chi connectivity index (χ4n) is 3.21. The molecule has 1 aromatic carbocycles. The van der Waals surface area contributed by atoms with Gasteiger partial charge in [0, 0.05) is 21.9 Å². The molecule has 2 rings (SSSR count). The molecule has 0 saturated heterocycles. The van der Waals surface area contributed by atoms with Crippen molar-refractivity contribution in [2.45, 2.75) is 26.3 Å². The van der Waals surface area contributed by atoms with Crippen LogP contribution < -0.4 is 5.32 Å². The summed E-state index contributed by atoms with van der Waals surface area (Å²) < 4.78 is 9.76. The van der Waals surface area contributed by atoms with Crippen molar-refractivity contribution in [3.8, 4) is 0 Å². The molecule has 7 heteroatoms. The third-order valence-electron chi connectivity index (χ3n) is 4.49. The number of hydrogen-bond acceptors (Lipinski definition) is 6. The van der Waals surface area contributed by atoms with Crippen molar-refractivity contribution in [3.63, 3.8) is 0 Å². The summed E-state index contributed by atoms with van der Waals surface area (Å²) in [5, 5.41) is 3.37. The smallest absolute Gasteiger partial charge is 0.343 e. The highest BCUT2D eigenvalue weighted by molar-refractivity contribution is 6.33. The molecule has 1 atom stereocenters. The lowest BCUT2D eigenvalue weighted by Crippen LogP contribution is -2.60. The molecule has 0 radical (unpaired) electrons. The Balaban J connectivity index is 2.88. The van der Waals surface area contributed by atoms with E-state index in [9.17, 15) is 14.4 Å². The number of ketones is 1. The topological polar surface area (TPSA) is 81.7 Å². The maximum Gasteiger partial charge on any atom is 0.343 e. The van der Waals surface area contributed by atoms with E-state index in [1.54, 1.807) is 31.2 Å². The van der Waals surface area contributed by atoms with Crippen LogP contribution in [0.3, 0.4) is 0 Å². The van der Waals surface area contributed by atoms with Gasteiger partial charge < -0.3 is 14.8 Å². The Bertz CT molecular complexity index is 855. The van der Waals surface area contributed by atoms with Crippen LogP contribution >= 0.6 is 11.6 Å². The third kappa shape index (κ3) is 2.90. The Labute approximate surface area is 156 Å². The van der Waals surface area contributed by atoms with Crippen LogP contribution in [0.5, 0.6) is 0 Å². The van der Waals surface area contributed by atoms with E-state index in [2.05, 4.69) is 5.32 Å². The predicted octanol–water partition coefficient (Wildman–Crippen LogP) is 2.66. The lowest BCUT2D eigenvalue weighted by atomic mass is 9.76. The Kier molecular flexibility index (Phi) is 5.56. The molecule has 0 bridgehead atoms. The van der Waals surface area contributed by atoms with E-state index in [4.69, 9.17) is 21.1 Å². The molecular weight excluding hydrogens is 358 g/mol. The van der Waals surface area contributed by atoms with Gasteiger partial charge in [-0.1, -0.05) is 29.8 Å². The molecule has 1 heterocycles. The highest BCUT2D eigenvalue weighted by Crippen LogP contribution is 2.40. The van der Waals surface area contributed by atoms with Crippen LogP contribution in [0, 0.1) is 0 Å². The number of hydrogen-bond donors (Lipinski definition) is 1. The van der Waals surface area contributed by atoms with E-state index in [1.807, 2.05) is 0 Å². The van der Waals surface area contributed by atoms with Gasteiger partial charge in [-0.15, -0.1) is 0 Å². The zero-order valence-corrected chi connectivity index (χ0v) is 16.0. The summed E-state index contributed by atoms with van der Waals surface area (Å²) in [6, 6.07) is 6.98. The van der Waals surface area contributed by atoms with Crippen LogP contribution in [0.2, 0.25) is 5.02 Å². The molecule has 0 aliphatic carbocycles. The highest BCUT2D eigenvalue weighted by atomic mass is 35.5. The Hall–Kier alpha value is -2.60. The minimum absolute atomic E-state index is 0.109. The Morgan fingerprint density at radius 1 is 1.08 bits per heavy atom. The summed E-state index contributed by atoms with van der Waals surface area (Å²) >= 11 is 6.31. The summed E-state index contributed by atoms with van der Waals surface area (Å²) in [5.74, 6) is -1.98. The number of carbonyl (C=O) groups excluding carboxylic acids is 3. The highest BCUT2D eigenvalue weighted by Gasteiger charge is 2.51. The largest absolute Gasteiger partial charge is 0.467 e. The van der Waals surface area contributed by atoms with Gasteiger partial charge in [-0.25, -0.2) is 9.59 Å². The number of rotatable bonds is 4. The number of dihydropyridines is 1. The first-order valence-corrected chi connectivity index (χ1v) is 8.23. The first-order chi connectivity index (χ1) is 12.2. The van der Waals surface area contributed by atoms with Crippen molar-refractivity contribution in [1.29, 1.82) is 0 Å². The molecule has 0 fully saturated rings. The predicted molar refractivity (Wildman–Crippen MR) is 97.3 cm³/mol. The van der Waals surface area contributed by atoms with Crippen molar-refractivity contribution in [2.75, 3.05) is 14.2 Å². The average Bonchev–Trinajstić information content (AvgIpc) is 2.62. The van der Waals surface area contributed by atoms with E-state index in [0.717, 1.165) is 0 Å². The lowest BCUT2D eigenvalue weighted by Gasteiger charge is -2.38. The number of benzene rings is 1. The first kappa shape index (κ1) is 19.7. The SMILES string of the molecule is COC(=O)C1=C(C)[C@@](C(C)=O)(C(=O)OC)NC(C)=C1c1ccccc1Cl. The van der Waals surface area contributed by atoms with Gasteiger partial charge in [-0.2, -0.15) is 0 Å². The van der Waals surface area contributed by atoms with Crippen LogP contribution in [0.4, 0.5) is 0 Å². The van der Waals surface area contributed by atoms with Gasteiger partial charge >= 0.3 is 11.9 Å². The van der Waals surface area contributed by atoms with E-state index in [1.165, 1.54) is 28.1 Å². The molecule has 0 aromatic heterocycles. The van der Waals surface area contributed by atoms with Gasteiger partial charge in [0.05, 0.1) is 19.8 Å². The normalized spacial score (nSPS) is 19.8. The van der Waals surface area contributed by atoms with Gasteiger partial charge in [0.1, 0.15) is 0 Å². The second kappa shape index (κ2) is 7.33. The van der Waals surface area contributed by atoms with E-state index in [-0.39, 0.29) is 11.1 Å². The van der Waals surface area contributed by atoms with Crippen molar-refractivity contribution >= 4 is 34.9 Å². The van der Waals surface area contributed by atoms with Gasteiger partial charge in [0.25, 0.3) is 0 Å². The third-order valence-corrected chi connectivity index (χ3v) is 4.82. The molecule has 1 aliphatic heterocycles. The number of carbonyl (C=O) groups is 3. The summed E-state index contributed by atoms with van der Waals surface area (Å²) in [6.07, 6.45) is 0. The minimum Gasteiger partial charge on any atom is -0.467 e. The standard InChI is InChI=1S/C19H20ClNO5/c1-10-15(17(23)25-4)16(13-8-6-7-9-14(13)20)11(2)21-19(10,12(3)22)18(24)26-5/h6-9,21H,1-5H3/t19-/m1/s1. The summed E-state index contributed by atoms with van der Waals surface area (Å²) in [5.41, 5.74) is 0.000605. The molecule has 0 saturated carbocycles. The zero-order chi connectivity index (χ0) is 19.6. The fourth-order valence-corrected chi connectivity index (χ4v) is 3.44. The fraction of sp³-hybridized carbons (Fsp3) is 0.316. The van der Waals surface area contributed by atoms with Crippen LogP contribution in [0.1, 0.15) is 26.3 Å². The van der Waals surface area contributed by atoms with Gasteiger partial charge in [-0.05, 0) is 32.4 Å². The number of allylic oxidation sites excluding steroid dienone is 1. The zero-order valence-electron chi connectivity index (χ0n) is 15.2. The molecule has 26 heavy (non-hydrogen) atoms. The number of nitrogens with one attached hydrogen (secondary N) is 1. The lowest BCUT2D eigenvalue weighted by molar-refractivity contribution is -0.150. The van der Waals surface area contributed by atoms with E-state index < -0.39 is 23.3 Å². The molecule has 1 aromatic rings. The van der Waals surface area contributed by atoms with Crippen molar-refractivity contribution < 1.29 is 23.9 Å². The average molecular weight is 378 g/mol. The van der Waals surface area contributed by atoms with Crippen molar-refractivity contribution in [1.82, 2.24) is 5.32 Å². The molecule has 0 spiro atoms. The van der Waals surface area contributed by atoms with Crippen LogP contribution in [0.25, 0.3) is 5.57 Å². The van der Waals surface area contributed by atoms with Crippen LogP contribution in [-0.2, 0) is 23.9 Å². The molecular formula is C19H20ClNO5. The maximum absolute atomic E-state index is 12.6. The first-order valence-electron chi connectivity index (χ1n) is 7.85. The molecule has 1 N–H and O–H groups in total. The Morgan fingerprint density at radius 3 is 2.19 bits per heavy atom. The minimum atomic E-state index is -1.80. The van der Waals surface area contributed by atoms with Gasteiger partial charge in [0.15, 0.2) is 5.78 Å². The summed E-state index contributed by atoms with van der Waals surface area (Å²) in [7, 11) is 2.42. The van der Waals surface area contributed by atoms with Crippen molar-refractivity contribution in [2.24, 2.45) is 0 Å². The van der Waals surface area contributed by atoms with Crippen molar-refractivity contribution in [3.05, 3.63) is 51.7 Å². The summed E-state index contributed by atoms with van der Waals surface area (Å²) in [6.45, 7) is 4.45. The number of esters is 2. The quantitative estimate of drug-likeness (QED) is 0.641. The van der Waals surface area contributed by atoms with Gasteiger partial charge in [-0.3, -0.25) is 4.79 Å². The number of Topliss-reactive ketones (excluding diaryl/α,β-unsaturated/α-hetero) is 1. The number of methoxy groups -OCH3 is 2. The summed E-state index contributed by atoms with van der Waals surface area (Å²) in [4.78, 5) is 37.5. The second-order valence-electron chi connectivity index (χ2n) is 5.89. The molecule has 6 nitrogen and oxygen atoms in total. The monoisotopic (exact) mass is 377 g/mol. The number of ether oxygens (including phenoxy) is 2.